The van der Waals surface area contributed by atoms with Gasteiger partial charge >= 0.3 is 0 Å². The van der Waals surface area contributed by atoms with Crippen LogP contribution in [0.4, 0.5) is 0 Å². The third-order valence-corrected chi connectivity index (χ3v) is 4.72. The molecular weight excluding hydrogens is 396 g/mol. The highest BCUT2D eigenvalue weighted by molar-refractivity contribution is 9.10. The summed E-state index contributed by atoms with van der Waals surface area (Å²) in [7, 11) is 0. The van der Waals surface area contributed by atoms with Gasteiger partial charge in [0.05, 0.1) is 16.7 Å². The van der Waals surface area contributed by atoms with Gasteiger partial charge in [-0.3, -0.25) is 4.98 Å². The molecule has 3 aromatic rings. The number of benzene rings is 1. The minimum Gasteiger partial charge on any atom is -0.357 e. The first-order valence-corrected chi connectivity index (χ1v) is 9.41. The fourth-order valence-electron chi connectivity index (χ4n) is 2.81. The highest BCUT2D eigenvalue weighted by atomic mass is 79.9. The summed E-state index contributed by atoms with van der Waals surface area (Å²) in [5.41, 5.74) is 6.31. The summed E-state index contributed by atoms with van der Waals surface area (Å²) in [6, 6.07) is 18.2. The normalized spacial score (nSPS) is 11.0. The Labute approximate surface area is 161 Å². The van der Waals surface area contributed by atoms with Crippen LogP contribution in [-0.2, 0) is 0 Å². The van der Waals surface area contributed by atoms with E-state index in [0.717, 1.165) is 43.0 Å². The molecule has 0 amide bonds. The van der Waals surface area contributed by atoms with Crippen molar-refractivity contribution in [2.45, 2.75) is 26.7 Å². The summed E-state index contributed by atoms with van der Waals surface area (Å²) in [5, 5.41) is 0.737. The van der Waals surface area contributed by atoms with E-state index in [-0.39, 0.29) is 0 Å². The Morgan fingerprint density at radius 2 is 1.76 bits per heavy atom. The molecule has 3 rings (SSSR count). The van der Waals surface area contributed by atoms with Crippen LogP contribution in [0.5, 0.6) is 0 Å². The van der Waals surface area contributed by atoms with Gasteiger partial charge in [0.1, 0.15) is 0 Å². The molecule has 0 spiro atoms. The van der Waals surface area contributed by atoms with E-state index in [4.69, 9.17) is 16.6 Å². The summed E-state index contributed by atoms with van der Waals surface area (Å²) < 4.78 is 1.02. The van der Waals surface area contributed by atoms with Crippen molar-refractivity contribution in [1.82, 2.24) is 9.97 Å². The number of H-pyrrole nitrogens is 1. The first-order valence-electron chi connectivity index (χ1n) is 8.24. The fourth-order valence-corrected chi connectivity index (χ4v) is 3.43. The second-order valence-electron chi connectivity index (χ2n) is 6.38. The molecule has 0 radical (unpaired) electrons. The van der Waals surface area contributed by atoms with Crippen LogP contribution in [-0.4, -0.2) is 9.97 Å². The van der Waals surface area contributed by atoms with Gasteiger partial charge in [-0.1, -0.05) is 59.6 Å². The molecule has 1 N–H and O–H groups in total. The number of halogens is 2. The smallest absolute Gasteiger partial charge is 0.0868 e. The maximum absolute atomic E-state index is 6.05. The number of nitrogens with one attached hydrogen (secondary N) is 1. The molecule has 2 heterocycles. The van der Waals surface area contributed by atoms with Gasteiger partial charge in [0, 0.05) is 20.8 Å². The summed E-state index contributed by atoms with van der Waals surface area (Å²) in [5.74, 6) is 0.316. The highest BCUT2D eigenvalue weighted by Crippen LogP contribution is 2.31. The van der Waals surface area contributed by atoms with Crippen molar-refractivity contribution in [1.29, 1.82) is 0 Å². The molecule has 0 aliphatic heterocycles. The number of aromatic amines is 1. The Hall–Kier alpha value is -1.84. The number of rotatable bonds is 2. The first-order chi connectivity index (χ1) is 11.9. The number of pyridine rings is 1. The monoisotopic (exact) mass is 414 g/mol. The average molecular weight is 416 g/mol. The van der Waals surface area contributed by atoms with Crippen molar-refractivity contribution < 1.29 is 0 Å². The Morgan fingerprint density at radius 3 is 2.44 bits per heavy atom. The largest absolute Gasteiger partial charge is 0.357 e. The lowest BCUT2D eigenvalue weighted by Gasteiger charge is -2.13. The van der Waals surface area contributed by atoms with E-state index in [1.165, 1.54) is 0 Å². The lowest BCUT2D eigenvalue weighted by molar-refractivity contribution is 0.832. The van der Waals surface area contributed by atoms with Gasteiger partial charge in [0.15, 0.2) is 0 Å². The zero-order valence-corrected chi connectivity index (χ0v) is 16.8. The van der Waals surface area contributed by atoms with Gasteiger partial charge in [0.25, 0.3) is 0 Å². The molecule has 2 nitrogen and oxygen atoms in total. The molecule has 0 saturated carbocycles. The van der Waals surface area contributed by atoms with Crippen LogP contribution in [0.15, 0.2) is 59.1 Å². The molecule has 25 heavy (non-hydrogen) atoms. The van der Waals surface area contributed by atoms with Crippen LogP contribution >= 0.6 is 27.5 Å². The third-order valence-electron chi connectivity index (χ3n) is 3.98. The predicted octanol–water partition coefficient (Wildman–Crippen LogP) is 7.20. The van der Waals surface area contributed by atoms with E-state index < -0.39 is 0 Å². The number of aromatic nitrogens is 2. The van der Waals surface area contributed by atoms with Crippen LogP contribution in [0.25, 0.3) is 22.2 Å². The third kappa shape index (κ3) is 4.23. The van der Waals surface area contributed by atoms with Crippen molar-refractivity contribution in [3.8, 4) is 11.1 Å². The van der Waals surface area contributed by atoms with E-state index >= 15 is 0 Å². The Bertz CT molecular complexity index is 958. The van der Waals surface area contributed by atoms with Gasteiger partial charge in [-0.25, -0.2) is 0 Å². The average Bonchev–Trinajstić information content (AvgIpc) is 2.62. The van der Waals surface area contributed by atoms with Crippen molar-refractivity contribution in [2.24, 2.45) is 0 Å². The fraction of sp³-hybridized carbons (Fsp3) is 0.190. The van der Waals surface area contributed by atoms with Crippen LogP contribution in [0.1, 0.15) is 31.2 Å². The van der Waals surface area contributed by atoms with Crippen LogP contribution < -0.4 is 0 Å². The molecule has 128 valence electrons. The van der Waals surface area contributed by atoms with Crippen molar-refractivity contribution in [3.05, 3.63) is 75.5 Å². The minimum atomic E-state index is 0.316. The quantitative estimate of drug-likeness (QED) is 0.471. The Kier molecular flexibility index (Phi) is 5.45. The zero-order chi connectivity index (χ0) is 18.0. The molecule has 0 bridgehead atoms. The zero-order valence-electron chi connectivity index (χ0n) is 14.5. The molecule has 0 unspecified atom stereocenters. The molecule has 0 aliphatic rings. The lowest BCUT2D eigenvalue weighted by atomic mass is 9.97. The van der Waals surface area contributed by atoms with Crippen molar-refractivity contribution >= 4 is 38.6 Å². The topological polar surface area (TPSA) is 28.7 Å². The molecule has 2 aromatic heterocycles. The van der Waals surface area contributed by atoms with Gasteiger partial charge in [-0.2, -0.15) is 0 Å². The molecule has 1 aromatic carbocycles. The number of hydrogen-bond acceptors (Lipinski definition) is 1. The van der Waals surface area contributed by atoms with Gasteiger partial charge < -0.3 is 4.98 Å². The lowest BCUT2D eigenvalue weighted by Crippen LogP contribution is -1.98. The summed E-state index contributed by atoms with van der Waals surface area (Å²) in [4.78, 5) is 8.43. The summed E-state index contributed by atoms with van der Waals surface area (Å²) in [6.45, 7) is 6.38. The summed E-state index contributed by atoms with van der Waals surface area (Å²) >= 11 is 9.60. The van der Waals surface area contributed by atoms with Gasteiger partial charge in [-0.15, -0.1) is 0 Å². The van der Waals surface area contributed by atoms with E-state index in [0.29, 0.717) is 5.92 Å². The van der Waals surface area contributed by atoms with Crippen LogP contribution in [0.2, 0.25) is 5.02 Å². The van der Waals surface area contributed by atoms with E-state index in [9.17, 15) is 0 Å². The Morgan fingerprint density at radius 1 is 1.04 bits per heavy atom. The van der Waals surface area contributed by atoms with Crippen molar-refractivity contribution in [3.63, 3.8) is 0 Å². The molecule has 0 saturated heterocycles. The number of aryl methyl sites for hydroxylation is 1. The predicted molar refractivity (Wildman–Crippen MR) is 111 cm³/mol. The number of fused-ring (bicyclic) bond motifs is 1. The standard InChI is InChI=1S/C21H20BrClN2/c1-13(2)21-18(15-7-9-17(23)10-8-15)12-20-19(25-21)6-4-5-16(22)11-14(3)24-20/h4-13,24H,1-3H3. The number of nitrogens with zero attached hydrogens (tertiary/aromatic N) is 1. The van der Waals surface area contributed by atoms with E-state index in [2.05, 4.69) is 46.9 Å². The summed E-state index contributed by atoms with van der Waals surface area (Å²) in [6.07, 6.45) is 0. The van der Waals surface area contributed by atoms with E-state index in [1.807, 2.05) is 49.4 Å². The van der Waals surface area contributed by atoms with Gasteiger partial charge in [-0.05, 0) is 54.8 Å². The first kappa shape index (κ1) is 18.0. The molecular formula is C21H20BrClN2. The second kappa shape index (κ2) is 7.59. The van der Waals surface area contributed by atoms with Crippen LogP contribution in [0, 0.1) is 6.92 Å². The SMILES string of the molecule is Cc1cc(Br)cccc2nc(C(C)C)c(-c3ccc(Cl)cc3)cc2[nH]1. The Balaban J connectivity index is 2.36. The highest BCUT2D eigenvalue weighted by Gasteiger charge is 2.12. The maximum Gasteiger partial charge on any atom is 0.0868 e. The molecule has 0 aliphatic carbocycles. The minimum absolute atomic E-state index is 0.316. The van der Waals surface area contributed by atoms with Crippen molar-refractivity contribution in [2.75, 3.05) is 0 Å². The molecule has 0 fully saturated rings. The maximum atomic E-state index is 6.05. The van der Waals surface area contributed by atoms with E-state index in [1.54, 1.807) is 0 Å². The van der Waals surface area contributed by atoms with Gasteiger partial charge in [0.2, 0.25) is 0 Å². The molecule has 0 atom stereocenters. The van der Waals surface area contributed by atoms with Crippen LogP contribution in [0.3, 0.4) is 0 Å². The number of hydrogen-bond donors (Lipinski definition) is 1. The second-order valence-corrected chi connectivity index (χ2v) is 7.73. The molecule has 4 heteroatoms.